The lowest BCUT2D eigenvalue weighted by Crippen LogP contribution is -2.44. The Morgan fingerprint density at radius 3 is 2.50 bits per heavy atom. The number of aliphatic hydroxyl groups excluding tert-OH is 1. The zero-order chi connectivity index (χ0) is 12.4. The fraction of sp³-hybridized carbons (Fsp3) is 0.889. The van der Waals surface area contributed by atoms with E-state index in [9.17, 15) is 18.0 Å². The third-order valence-electron chi connectivity index (χ3n) is 2.92. The van der Waals surface area contributed by atoms with E-state index in [0.29, 0.717) is 0 Å². The first kappa shape index (κ1) is 13.6. The molecule has 0 aromatic rings. The van der Waals surface area contributed by atoms with Gasteiger partial charge < -0.3 is 10.0 Å². The van der Waals surface area contributed by atoms with Gasteiger partial charge in [-0.2, -0.15) is 13.2 Å². The number of amides is 1. The van der Waals surface area contributed by atoms with E-state index in [4.69, 9.17) is 16.7 Å². The van der Waals surface area contributed by atoms with Gasteiger partial charge in [0, 0.05) is 25.4 Å². The first-order chi connectivity index (χ1) is 7.36. The molecule has 1 heterocycles. The minimum atomic E-state index is -4.49. The average Bonchev–Trinajstić information content (AvgIpc) is 2.62. The Bertz CT molecular complexity index is 272. The number of rotatable bonds is 3. The third kappa shape index (κ3) is 2.43. The first-order valence-corrected chi connectivity index (χ1v) is 5.41. The van der Waals surface area contributed by atoms with Crippen LogP contribution in [0.5, 0.6) is 0 Å². The van der Waals surface area contributed by atoms with Gasteiger partial charge in [0.1, 0.15) is 5.41 Å². The summed E-state index contributed by atoms with van der Waals surface area (Å²) >= 11 is 5.35. The van der Waals surface area contributed by atoms with Crippen LogP contribution in [0.15, 0.2) is 0 Å². The molecule has 0 unspecified atom stereocenters. The van der Waals surface area contributed by atoms with E-state index < -0.39 is 30.7 Å². The lowest BCUT2D eigenvalue weighted by molar-refractivity contribution is -0.230. The largest absolute Gasteiger partial charge is 0.398 e. The van der Waals surface area contributed by atoms with Crippen LogP contribution in [0.2, 0.25) is 0 Å². The van der Waals surface area contributed by atoms with Crippen molar-refractivity contribution in [2.75, 3.05) is 25.6 Å². The highest BCUT2D eigenvalue weighted by Crippen LogP contribution is 2.45. The summed E-state index contributed by atoms with van der Waals surface area (Å²) in [5, 5.41) is 8.90. The maximum atomic E-state index is 12.7. The van der Waals surface area contributed by atoms with Crippen LogP contribution in [-0.4, -0.2) is 47.7 Å². The Hall–Kier alpha value is -0.490. The number of likely N-dealkylation sites (tertiary alicyclic amines) is 1. The highest BCUT2D eigenvalue weighted by molar-refractivity contribution is 6.18. The SMILES string of the molecule is O=C(CCCl)N1CC[C@](CO)(C(F)(F)F)C1. The Balaban J connectivity index is 2.72. The molecule has 1 saturated heterocycles. The molecule has 1 amide bonds. The van der Waals surface area contributed by atoms with E-state index in [-0.39, 0.29) is 25.3 Å². The van der Waals surface area contributed by atoms with Gasteiger partial charge in [0.2, 0.25) is 5.91 Å². The van der Waals surface area contributed by atoms with Gasteiger partial charge >= 0.3 is 6.18 Å². The maximum Gasteiger partial charge on any atom is 0.398 e. The second-order valence-electron chi connectivity index (χ2n) is 3.94. The number of carbonyl (C=O) groups excluding carboxylic acids is 1. The van der Waals surface area contributed by atoms with E-state index in [0.717, 1.165) is 4.90 Å². The second-order valence-corrected chi connectivity index (χ2v) is 4.32. The van der Waals surface area contributed by atoms with Crippen molar-refractivity contribution in [2.24, 2.45) is 5.41 Å². The van der Waals surface area contributed by atoms with Crippen molar-refractivity contribution in [3.63, 3.8) is 0 Å². The predicted octanol–water partition coefficient (Wildman–Crippen LogP) is 1.39. The molecule has 0 bridgehead atoms. The molecule has 7 heteroatoms. The zero-order valence-corrected chi connectivity index (χ0v) is 9.31. The van der Waals surface area contributed by atoms with Crippen molar-refractivity contribution in [3.8, 4) is 0 Å². The van der Waals surface area contributed by atoms with Crippen LogP contribution in [0.4, 0.5) is 13.2 Å². The molecule has 1 fully saturated rings. The summed E-state index contributed by atoms with van der Waals surface area (Å²) in [4.78, 5) is 12.5. The molecule has 1 aliphatic rings. The average molecular weight is 260 g/mol. The number of hydrogen-bond acceptors (Lipinski definition) is 2. The molecule has 3 nitrogen and oxygen atoms in total. The van der Waals surface area contributed by atoms with Gasteiger partial charge in [0.15, 0.2) is 0 Å². The molecule has 16 heavy (non-hydrogen) atoms. The van der Waals surface area contributed by atoms with E-state index in [2.05, 4.69) is 0 Å². The van der Waals surface area contributed by atoms with Gasteiger partial charge in [0.25, 0.3) is 0 Å². The fourth-order valence-corrected chi connectivity index (χ4v) is 1.94. The molecule has 1 rings (SSSR count). The minimum absolute atomic E-state index is 0.0236. The van der Waals surface area contributed by atoms with Crippen molar-refractivity contribution in [1.29, 1.82) is 0 Å². The number of alkyl halides is 4. The van der Waals surface area contributed by atoms with Gasteiger partial charge in [0.05, 0.1) is 6.61 Å². The van der Waals surface area contributed by atoms with Gasteiger partial charge in [-0.1, -0.05) is 0 Å². The van der Waals surface area contributed by atoms with E-state index in [1.807, 2.05) is 0 Å². The highest BCUT2D eigenvalue weighted by atomic mass is 35.5. The molecule has 0 spiro atoms. The Labute approximate surface area is 96.2 Å². The lowest BCUT2D eigenvalue weighted by Gasteiger charge is -2.29. The van der Waals surface area contributed by atoms with Crippen LogP contribution in [0.3, 0.4) is 0 Å². The Morgan fingerprint density at radius 1 is 1.50 bits per heavy atom. The van der Waals surface area contributed by atoms with Crippen molar-refractivity contribution in [2.45, 2.75) is 19.0 Å². The summed E-state index contributed by atoms with van der Waals surface area (Å²) in [6.45, 7) is -1.43. The topological polar surface area (TPSA) is 40.5 Å². The van der Waals surface area contributed by atoms with Gasteiger partial charge in [-0.05, 0) is 6.42 Å². The third-order valence-corrected chi connectivity index (χ3v) is 3.11. The zero-order valence-electron chi connectivity index (χ0n) is 8.56. The van der Waals surface area contributed by atoms with Gasteiger partial charge in [-0.3, -0.25) is 4.79 Å². The van der Waals surface area contributed by atoms with E-state index in [1.54, 1.807) is 0 Å². The molecular formula is C9H13ClF3NO2. The molecule has 0 radical (unpaired) electrons. The van der Waals surface area contributed by atoms with Crippen molar-refractivity contribution < 1.29 is 23.1 Å². The van der Waals surface area contributed by atoms with Crippen LogP contribution in [0.1, 0.15) is 12.8 Å². The summed E-state index contributed by atoms with van der Waals surface area (Å²) in [6.07, 6.45) is -4.71. The number of carbonyl (C=O) groups is 1. The predicted molar refractivity (Wildman–Crippen MR) is 52.1 cm³/mol. The van der Waals surface area contributed by atoms with Crippen molar-refractivity contribution in [3.05, 3.63) is 0 Å². The summed E-state index contributed by atoms with van der Waals surface area (Å²) in [5.41, 5.74) is -2.16. The normalized spacial score (nSPS) is 26.2. The van der Waals surface area contributed by atoms with Crippen molar-refractivity contribution in [1.82, 2.24) is 4.90 Å². The van der Waals surface area contributed by atoms with E-state index in [1.165, 1.54) is 0 Å². The maximum absolute atomic E-state index is 12.7. The first-order valence-electron chi connectivity index (χ1n) is 4.87. The number of aliphatic hydroxyl groups is 1. The van der Waals surface area contributed by atoms with Crippen molar-refractivity contribution >= 4 is 17.5 Å². The monoisotopic (exact) mass is 259 g/mol. The fourth-order valence-electron chi connectivity index (χ4n) is 1.77. The molecule has 1 aliphatic heterocycles. The second kappa shape index (κ2) is 4.79. The number of halogens is 4. The number of nitrogens with zero attached hydrogens (tertiary/aromatic N) is 1. The van der Waals surface area contributed by atoms with Crippen LogP contribution >= 0.6 is 11.6 Å². The Morgan fingerprint density at radius 2 is 2.12 bits per heavy atom. The Kier molecular flexibility index (Phi) is 4.07. The summed E-state index contributed by atoms with van der Waals surface area (Å²) < 4.78 is 38.1. The molecule has 94 valence electrons. The number of hydrogen-bond donors (Lipinski definition) is 1. The molecule has 0 aliphatic carbocycles. The molecule has 0 aromatic heterocycles. The van der Waals surface area contributed by atoms with Crippen LogP contribution < -0.4 is 0 Å². The van der Waals surface area contributed by atoms with E-state index >= 15 is 0 Å². The summed E-state index contributed by atoms with van der Waals surface area (Å²) in [7, 11) is 0. The molecule has 0 saturated carbocycles. The minimum Gasteiger partial charge on any atom is -0.395 e. The molecule has 1 N–H and O–H groups in total. The van der Waals surface area contributed by atoms with Crippen LogP contribution in [0.25, 0.3) is 0 Å². The van der Waals surface area contributed by atoms with Crippen LogP contribution in [0, 0.1) is 5.41 Å². The van der Waals surface area contributed by atoms with Crippen LogP contribution in [-0.2, 0) is 4.79 Å². The quantitative estimate of drug-likeness (QED) is 0.778. The lowest BCUT2D eigenvalue weighted by atomic mass is 9.87. The summed E-state index contributed by atoms with van der Waals surface area (Å²) in [6, 6.07) is 0. The van der Waals surface area contributed by atoms with Gasteiger partial charge in [-0.15, -0.1) is 11.6 Å². The molecule has 0 aromatic carbocycles. The highest BCUT2D eigenvalue weighted by Gasteiger charge is 2.58. The van der Waals surface area contributed by atoms with Gasteiger partial charge in [-0.25, -0.2) is 0 Å². The standard InChI is InChI=1S/C9H13ClF3NO2/c10-3-1-7(16)14-4-2-8(5-14,6-15)9(11,12)13/h15H,1-6H2/t8-/m0/s1. The smallest absolute Gasteiger partial charge is 0.395 e. The molecular weight excluding hydrogens is 247 g/mol. The molecule has 1 atom stereocenters. The summed E-state index contributed by atoms with van der Waals surface area (Å²) in [5.74, 6) is -0.303.